The Bertz CT molecular complexity index is 263. The van der Waals surface area contributed by atoms with Crippen molar-refractivity contribution in [2.75, 3.05) is 0 Å². The predicted octanol–water partition coefficient (Wildman–Crippen LogP) is 3.85. The fourth-order valence-electron chi connectivity index (χ4n) is 1.11. The highest BCUT2D eigenvalue weighted by Gasteiger charge is 1.91. The van der Waals surface area contributed by atoms with E-state index in [1.165, 1.54) is 5.56 Å². The molecule has 0 bridgehead atoms. The molecule has 0 unspecified atom stereocenters. The normalized spacial score (nSPS) is 10.8. The Morgan fingerprint density at radius 1 is 1.42 bits per heavy atom. The number of aryl methyl sites for hydroxylation is 1. The van der Waals surface area contributed by atoms with E-state index in [1.54, 1.807) is 0 Å². The number of allylic oxidation sites excluding steroid dienone is 2. The molecule has 0 spiro atoms. The molecule has 0 saturated heterocycles. The molecular weight excluding hydrogens is 168 g/mol. The van der Waals surface area contributed by atoms with E-state index in [-0.39, 0.29) is 0 Å². The van der Waals surface area contributed by atoms with Gasteiger partial charge in [0, 0.05) is 5.02 Å². The number of hydrogen-bond acceptors (Lipinski definition) is 0. The monoisotopic (exact) mass is 180 g/mol. The molecule has 1 aromatic rings. The highest BCUT2D eigenvalue weighted by Crippen LogP contribution is 2.12. The zero-order chi connectivity index (χ0) is 8.81. The lowest BCUT2D eigenvalue weighted by atomic mass is 10.1. The van der Waals surface area contributed by atoms with Crippen molar-refractivity contribution in [2.45, 2.75) is 19.8 Å². The van der Waals surface area contributed by atoms with Gasteiger partial charge in [0.15, 0.2) is 0 Å². The van der Waals surface area contributed by atoms with Crippen LogP contribution in [0.15, 0.2) is 36.4 Å². The molecule has 1 rings (SSSR count). The largest absolute Gasteiger partial charge is 0.0917 e. The van der Waals surface area contributed by atoms with E-state index in [2.05, 4.69) is 18.2 Å². The van der Waals surface area contributed by atoms with E-state index < -0.39 is 0 Å². The van der Waals surface area contributed by atoms with E-state index in [4.69, 9.17) is 11.6 Å². The molecule has 0 fully saturated rings. The van der Waals surface area contributed by atoms with Crippen LogP contribution in [0.25, 0.3) is 0 Å². The Kier molecular flexibility index (Phi) is 3.89. The second kappa shape index (κ2) is 5.00. The second-order valence-corrected chi connectivity index (χ2v) is 3.17. The van der Waals surface area contributed by atoms with Crippen molar-refractivity contribution in [3.05, 3.63) is 47.0 Å². The van der Waals surface area contributed by atoms with Crippen LogP contribution in [0.4, 0.5) is 0 Å². The van der Waals surface area contributed by atoms with Crippen LogP contribution in [-0.4, -0.2) is 0 Å². The number of halogens is 1. The lowest BCUT2D eigenvalue weighted by Gasteiger charge is -1.97. The predicted molar refractivity (Wildman–Crippen MR) is 54.6 cm³/mol. The topological polar surface area (TPSA) is 0 Å². The molecule has 0 amide bonds. The molecule has 12 heavy (non-hydrogen) atoms. The van der Waals surface area contributed by atoms with Crippen molar-refractivity contribution in [2.24, 2.45) is 0 Å². The van der Waals surface area contributed by atoms with Gasteiger partial charge in [-0.05, 0) is 37.5 Å². The van der Waals surface area contributed by atoms with Gasteiger partial charge in [-0.3, -0.25) is 0 Å². The summed E-state index contributed by atoms with van der Waals surface area (Å²) in [6.07, 6.45) is 6.41. The van der Waals surface area contributed by atoms with Crippen molar-refractivity contribution in [1.82, 2.24) is 0 Å². The molecule has 0 heterocycles. The SMILES string of the molecule is CC=CCCc1cccc(Cl)c1. The Hall–Kier alpha value is -0.750. The summed E-state index contributed by atoms with van der Waals surface area (Å²) in [7, 11) is 0. The van der Waals surface area contributed by atoms with Gasteiger partial charge in [0.05, 0.1) is 0 Å². The van der Waals surface area contributed by atoms with E-state index in [0.717, 1.165) is 17.9 Å². The average Bonchev–Trinajstić information content (AvgIpc) is 2.05. The summed E-state index contributed by atoms with van der Waals surface area (Å²) in [5, 5.41) is 0.827. The van der Waals surface area contributed by atoms with Gasteiger partial charge in [-0.25, -0.2) is 0 Å². The zero-order valence-corrected chi connectivity index (χ0v) is 8.01. The summed E-state index contributed by atoms with van der Waals surface area (Å²) in [5.41, 5.74) is 1.31. The molecule has 0 aliphatic carbocycles. The third kappa shape index (κ3) is 3.10. The summed E-state index contributed by atoms with van der Waals surface area (Å²) in [6.45, 7) is 2.04. The van der Waals surface area contributed by atoms with Gasteiger partial charge in [-0.2, -0.15) is 0 Å². The first kappa shape index (κ1) is 9.34. The van der Waals surface area contributed by atoms with Gasteiger partial charge in [0.1, 0.15) is 0 Å². The van der Waals surface area contributed by atoms with Gasteiger partial charge in [0.25, 0.3) is 0 Å². The first-order valence-electron chi connectivity index (χ1n) is 4.18. The Morgan fingerprint density at radius 2 is 2.25 bits per heavy atom. The van der Waals surface area contributed by atoms with Crippen LogP contribution in [0.2, 0.25) is 5.02 Å². The van der Waals surface area contributed by atoms with Crippen molar-refractivity contribution < 1.29 is 0 Å². The quantitative estimate of drug-likeness (QED) is 0.620. The number of benzene rings is 1. The number of hydrogen-bond donors (Lipinski definition) is 0. The van der Waals surface area contributed by atoms with Crippen LogP contribution in [0.5, 0.6) is 0 Å². The van der Waals surface area contributed by atoms with Crippen LogP contribution >= 0.6 is 11.6 Å². The number of rotatable bonds is 3. The fourth-order valence-corrected chi connectivity index (χ4v) is 1.32. The third-order valence-corrected chi connectivity index (χ3v) is 1.96. The molecule has 0 atom stereocenters. The molecule has 0 saturated carbocycles. The molecule has 0 radical (unpaired) electrons. The average molecular weight is 181 g/mol. The molecule has 1 heteroatoms. The zero-order valence-electron chi connectivity index (χ0n) is 7.26. The smallest absolute Gasteiger partial charge is 0.0408 e. The maximum absolute atomic E-state index is 5.84. The van der Waals surface area contributed by atoms with E-state index in [0.29, 0.717) is 0 Å². The van der Waals surface area contributed by atoms with Crippen LogP contribution in [0, 0.1) is 0 Å². The van der Waals surface area contributed by atoms with Gasteiger partial charge in [0.2, 0.25) is 0 Å². The van der Waals surface area contributed by atoms with E-state index in [1.807, 2.05) is 25.1 Å². The summed E-state index contributed by atoms with van der Waals surface area (Å²) < 4.78 is 0. The van der Waals surface area contributed by atoms with E-state index >= 15 is 0 Å². The molecule has 64 valence electrons. The van der Waals surface area contributed by atoms with Crippen LogP contribution < -0.4 is 0 Å². The Morgan fingerprint density at radius 3 is 2.92 bits per heavy atom. The summed E-state index contributed by atoms with van der Waals surface area (Å²) in [5.74, 6) is 0. The minimum absolute atomic E-state index is 0.827. The lowest BCUT2D eigenvalue weighted by molar-refractivity contribution is 1.000. The van der Waals surface area contributed by atoms with Crippen LogP contribution in [-0.2, 0) is 6.42 Å². The maximum atomic E-state index is 5.84. The van der Waals surface area contributed by atoms with Crippen LogP contribution in [0.1, 0.15) is 18.9 Å². The molecule has 1 aromatic carbocycles. The molecule has 0 aliphatic rings. The fraction of sp³-hybridized carbons (Fsp3) is 0.273. The standard InChI is InChI=1S/C11H13Cl/c1-2-3-4-6-10-7-5-8-11(12)9-10/h2-3,5,7-9H,4,6H2,1H3. The minimum Gasteiger partial charge on any atom is -0.0917 e. The minimum atomic E-state index is 0.827. The lowest BCUT2D eigenvalue weighted by Crippen LogP contribution is -1.81. The first-order valence-corrected chi connectivity index (χ1v) is 4.56. The maximum Gasteiger partial charge on any atom is 0.0408 e. The Labute approximate surface area is 78.9 Å². The van der Waals surface area contributed by atoms with Crippen molar-refractivity contribution in [3.8, 4) is 0 Å². The van der Waals surface area contributed by atoms with Gasteiger partial charge < -0.3 is 0 Å². The summed E-state index contributed by atoms with van der Waals surface area (Å²) in [4.78, 5) is 0. The van der Waals surface area contributed by atoms with Crippen LogP contribution in [0.3, 0.4) is 0 Å². The summed E-state index contributed by atoms with van der Waals surface area (Å²) >= 11 is 5.84. The molecule has 0 aliphatic heterocycles. The van der Waals surface area contributed by atoms with Crippen molar-refractivity contribution >= 4 is 11.6 Å². The van der Waals surface area contributed by atoms with E-state index in [9.17, 15) is 0 Å². The Balaban J connectivity index is 2.52. The molecular formula is C11H13Cl. The molecule has 0 aromatic heterocycles. The summed E-state index contributed by atoms with van der Waals surface area (Å²) in [6, 6.07) is 8.02. The van der Waals surface area contributed by atoms with Gasteiger partial charge in [-0.1, -0.05) is 35.9 Å². The first-order chi connectivity index (χ1) is 5.83. The molecule has 0 N–H and O–H groups in total. The van der Waals surface area contributed by atoms with Crippen molar-refractivity contribution in [3.63, 3.8) is 0 Å². The van der Waals surface area contributed by atoms with Crippen molar-refractivity contribution in [1.29, 1.82) is 0 Å². The van der Waals surface area contributed by atoms with Gasteiger partial charge in [-0.15, -0.1) is 0 Å². The third-order valence-electron chi connectivity index (χ3n) is 1.72. The highest BCUT2D eigenvalue weighted by molar-refractivity contribution is 6.30. The molecule has 0 nitrogen and oxygen atoms in total. The highest BCUT2D eigenvalue weighted by atomic mass is 35.5. The second-order valence-electron chi connectivity index (χ2n) is 2.74. The van der Waals surface area contributed by atoms with Gasteiger partial charge >= 0.3 is 0 Å².